The molecule has 0 unspecified atom stereocenters. The number of fused-ring (bicyclic) bond motifs is 6. The van der Waals surface area contributed by atoms with E-state index in [2.05, 4.69) is 111 Å². The van der Waals surface area contributed by atoms with Gasteiger partial charge in [0.15, 0.2) is 0 Å². The Bertz CT molecular complexity index is 6810. The number of amides is 2. The number of carbonyl (C=O) groups excluding carboxylic acids is 8. The minimum Gasteiger partial charge on any atom is -0.465 e. The molecular weight excluding hydrogens is 2000 g/mol. The minimum absolute atomic E-state index is 0.0288. The van der Waals surface area contributed by atoms with Crippen molar-refractivity contribution in [3.8, 4) is 70.4 Å². The molecule has 4 heterocycles. The highest BCUT2D eigenvalue weighted by molar-refractivity contribution is 14.1. The molecule has 2 amide bonds. The number of rotatable bonds is 14. The van der Waals surface area contributed by atoms with E-state index in [-0.39, 0.29) is 42.1 Å². The Balaban J connectivity index is 0.000000201. The number of methoxy groups -OCH3 is 6. The number of aromatic nitrogens is 6. The molecule has 0 bridgehead atoms. The second-order valence-corrected chi connectivity index (χ2v) is 32.1. The lowest BCUT2D eigenvalue weighted by Crippen LogP contribution is -2.29. The highest BCUT2D eigenvalue weighted by Gasteiger charge is 2.32. The van der Waals surface area contributed by atoms with Crippen molar-refractivity contribution in [1.82, 2.24) is 30.0 Å². The van der Waals surface area contributed by atoms with Gasteiger partial charge in [-0.05, 0) is 288 Å². The van der Waals surface area contributed by atoms with Crippen molar-refractivity contribution in [3.63, 3.8) is 0 Å². The molecule has 0 spiro atoms. The fraction of sp³-hybridized carbons (Fsp3) is 0.157. The number of carbonyl (C=O) groups is 8. The summed E-state index contributed by atoms with van der Waals surface area (Å²) in [5, 5.41) is 40.2. The molecule has 28 nitrogen and oxygen atoms in total. The number of alkyl halides is 1. The first-order valence-electron chi connectivity index (χ1n) is 41.1. The summed E-state index contributed by atoms with van der Waals surface area (Å²) in [4.78, 5) is 100. The maximum Gasteiger partial charge on any atom is 0.488 e. The van der Waals surface area contributed by atoms with Crippen LogP contribution in [-0.4, -0.2) is 150 Å². The van der Waals surface area contributed by atoms with Crippen molar-refractivity contribution in [2.75, 3.05) is 86.6 Å². The summed E-state index contributed by atoms with van der Waals surface area (Å²) < 4.78 is 32.7. The first-order valence-corrected chi connectivity index (χ1v) is 44.6. The third-order valence-electron chi connectivity index (χ3n) is 19.5. The van der Waals surface area contributed by atoms with E-state index in [1.807, 2.05) is 67.1 Å². The first kappa shape index (κ1) is 109. The van der Waals surface area contributed by atoms with Gasteiger partial charge in [0.25, 0.3) is 5.91 Å². The van der Waals surface area contributed by atoms with E-state index >= 15 is 0 Å². The van der Waals surface area contributed by atoms with E-state index in [0.29, 0.717) is 122 Å². The summed E-state index contributed by atoms with van der Waals surface area (Å²) in [6.45, 7) is 12.0. The van der Waals surface area contributed by atoms with Gasteiger partial charge < -0.3 is 60.2 Å². The third-order valence-corrected chi connectivity index (χ3v) is 22.0. The maximum absolute atomic E-state index is 13.1. The number of aryl methyl sites for hydroxylation is 2. The second kappa shape index (κ2) is 53.6. The summed E-state index contributed by atoms with van der Waals surface area (Å²) in [5.41, 5.74) is 28.2. The van der Waals surface area contributed by atoms with Crippen LogP contribution in [0.2, 0.25) is 25.1 Å². The van der Waals surface area contributed by atoms with Crippen LogP contribution in [0.3, 0.4) is 0 Å². The average molecular weight is 2090 g/mol. The molecular formula is C102H90BCl6IN12O16. The number of hydrogen-bond donors (Lipinski definition) is 5. The molecule has 15 rings (SSSR count). The van der Waals surface area contributed by atoms with Crippen LogP contribution in [0.4, 0.5) is 56.9 Å². The number of nitrogens with one attached hydrogen (secondary N) is 1. The van der Waals surface area contributed by atoms with Crippen molar-refractivity contribution in [2.24, 2.45) is 0 Å². The van der Waals surface area contributed by atoms with Crippen molar-refractivity contribution in [3.05, 3.63) is 321 Å². The summed E-state index contributed by atoms with van der Waals surface area (Å²) in [7, 11) is 6.62. The molecule has 2 aromatic heterocycles. The monoisotopic (exact) mass is 2090 g/mol. The molecule has 0 fully saturated rings. The number of benzene rings is 11. The lowest BCUT2D eigenvalue weighted by Gasteiger charge is -2.25. The molecule has 2 aliphatic heterocycles. The van der Waals surface area contributed by atoms with Gasteiger partial charge in [-0.2, -0.15) is 0 Å². The van der Waals surface area contributed by atoms with Crippen LogP contribution in [0, 0.1) is 65.3 Å². The van der Waals surface area contributed by atoms with Crippen LogP contribution in [0.1, 0.15) is 118 Å². The van der Waals surface area contributed by atoms with E-state index in [1.165, 1.54) is 47.6 Å². The van der Waals surface area contributed by atoms with Crippen LogP contribution in [-0.2, 0) is 51.1 Å². The fourth-order valence-electron chi connectivity index (χ4n) is 13.1. The van der Waals surface area contributed by atoms with Crippen LogP contribution in [0.15, 0.2) is 231 Å². The number of nitrogens with zero attached hydrogens (tertiary/aromatic N) is 9. The van der Waals surface area contributed by atoms with Gasteiger partial charge in [0.2, 0.25) is 5.91 Å². The highest BCUT2D eigenvalue weighted by atomic mass is 127. The van der Waals surface area contributed by atoms with Crippen molar-refractivity contribution in [2.45, 2.75) is 54.6 Å². The first-order chi connectivity index (χ1) is 66.2. The Labute approximate surface area is 841 Å². The number of terminal acetylenes is 1. The topological polar surface area (TPSA) is 368 Å². The maximum atomic E-state index is 13.1. The van der Waals surface area contributed by atoms with Crippen molar-refractivity contribution in [1.29, 1.82) is 0 Å². The Morgan fingerprint density at radius 1 is 0.471 bits per heavy atom. The lowest BCUT2D eigenvalue weighted by molar-refractivity contribution is -0.118. The number of nitrogen functional groups attached to an aromatic ring is 2. The predicted octanol–water partition coefficient (Wildman–Crippen LogP) is 19.6. The largest absolute Gasteiger partial charge is 0.488 e. The highest BCUT2D eigenvalue weighted by Crippen LogP contribution is 2.43. The van der Waals surface area contributed by atoms with E-state index in [4.69, 9.17) is 110 Å². The van der Waals surface area contributed by atoms with Crippen LogP contribution < -0.4 is 36.9 Å². The van der Waals surface area contributed by atoms with E-state index in [0.717, 1.165) is 65.7 Å². The average Bonchev–Trinajstić information content (AvgIpc) is 1.61. The molecule has 0 aliphatic carbocycles. The van der Waals surface area contributed by atoms with Gasteiger partial charge in [-0.1, -0.05) is 98.3 Å². The van der Waals surface area contributed by atoms with Gasteiger partial charge in [-0.15, -0.1) is 51.9 Å². The number of ether oxygens (including phenoxy) is 6. The second-order valence-electron chi connectivity index (χ2n) is 28.5. The van der Waals surface area contributed by atoms with Gasteiger partial charge in [-0.3, -0.25) is 19.4 Å². The van der Waals surface area contributed by atoms with Gasteiger partial charge in [-0.25, -0.2) is 38.1 Å². The Morgan fingerprint density at radius 3 is 1.31 bits per heavy atom. The van der Waals surface area contributed by atoms with E-state index in [9.17, 15) is 38.4 Å². The molecule has 0 radical (unpaired) electrons. The fourth-order valence-corrected chi connectivity index (χ4v) is 14.2. The molecule has 11 aromatic carbocycles. The molecule has 0 saturated carbocycles. The summed E-state index contributed by atoms with van der Waals surface area (Å²) in [6, 6.07) is 65.6. The normalized spacial score (nSPS) is 10.7. The molecule has 2 aliphatic rings. The van der Waals surface area contributed by atoms with E-state index < -0.39 is 25.0 Å². The molecule has 36 heteroatoms. The predicted molar refractivity (Wildman–Crippen MR) is 550 cm³/mol. The number of halogens is 7. The molecule has 13 aromatic rings. The number of esters is 6. The SMILES string of the molecule is C#CC.CC#Cc1ccc(C(=O)OC)cc1N.CC#Cc1ccc(C(=O)OC)cc1N(C(=O)CCl)c1ccc(Cl)cc1.CC#Cc1ccc(C(=O)OC)cc1Nc1ccc(Cl)cc1.COC(=O)c1ccc(I)c(N)c1.COC(=O)c1ccc2c(c1)N(c1ccc(Cl)cc1)C(=O)Cn1nnc(C)c1-2.COC(=O)c1ccc2c(c1)N(c1ccc(Cl)cc1)CCn1nnc(C)c1-2.OB(O)c1ccc(Cl)cc1. The minimum atomic E-state index is -1.41. The molecule has 706 valence electrons. The van der Waals surface area contributed by atoms with E-state index in [1.54, 1.807) is 219 Å². The van der Waals surface area contributed by atoms with Crippen LogP contribution >= 0.6 is 92.2 Å². The Hall–Kier alpha value is -14.6. The molecule has 138 heavy (non-hydrogen) atoms. The number of hydrogen-bond acceptors (Lipinski definition) is 24. The number of nitrogens with two attached hydrogens (primary N) is 2. The van der Waals surface area contributed by atoms with Crippen LogP contribution in [0.25, 0.3) is 22.5 Å². The Morgan fingerprint density at radius 2 is 0.848 bits per heavy atom. The molecule has 7 N–H and O–H groups in total. The zero-order valence-corrected chi connectivity index (χ0v) is 83.1. The van der Waals surface area contributed by atoms with Gasteiger partial charge in [0.1, 0.15) is 12.4 Å². The quantitative estimate of drug-likeness (QED) is 0.0128. The summed E-state index contributed by atoms with van der Waals surface area (Å²) in [6.07, 6.45) is 4.60. The van der Waals surface area contributed by atoms with Gasteiger partial charge in [0, 0.05) is 97.2 Å². The summed E-state index contributed by atoms with van der Waals surface area (Å²) in [5.74, 6) is 16.1. The zero-order chi connectivity index (χ0) is 101. The number of anilines is 10. The van der Waals surface area contributed by atoms with Crippen molar-refractivity contribution < 1.29 is 76.8 Å². The Kier molecular flexibility index (Phi) is 42.2. The molecule has 0 atom stereocenters. The zero-order valence-electron chi connectivity index (χ0n) is 76.4. The standard InChI is InChI=1S/C19H15Cl2NO3.C19H15ClN4O3.C19H17ClN4O2.C17H14ClNO2.C11H11NO2.C8H8INO2.C6H6BClO2.C3H4/c1-3-4-13-5-6-14(19(24)25-2)11-17(13)22(18(23)12-20)16-9-7-15(21)8-10-16;1-11-18-15-8-3-12(19(26)27-2)9-16(15)24(14-6-4-13(20)5-7-14)17(25)10-23(18)22-21-11;1-12-18-16-8-3-13(19(25)26-2)11-17(16)23(9-10-24(18)22-21-12)15-6-4-14(20)5-7-15;1-3-4-12-5-6-13(17(20)21-2)11-16(12)19-15-9-7-14(18)8-10-15;1-3-4-8-5-6-9(7-10(8)12)11(13)14-2;1-12-8(11)5-2-3-6(9)7(10)4-5;8-6-3-1-5(2-4-6)7(9)10;1-3-2/h5-11H,12H2,1-2H3;3-9H,10H2,1-2H3;3-8,11H,9-10H2,1-2H3;5-11,19H,1-2H3;5-7H,12H2,1-2H3;2-4H,10H2,1H3;1-4,9-10H;1H,2H3. The summed E-state index contributed by atoms with van der Waals surface area (Å²) >= 11 is 37.3. The molecule has 0 saturated heterocycles. The lowest BCUT2D eigenvalue weighted by atomic mass is 9.81. The van der Waals surface area contributed by atoms with Crippen LogP contribution in [0.5, 0.6) is 0 Å². The third kappa shape index (κ3) is 29.7. The smallest absolute Gasteiger partial charge is 0.465 e. The van der Waals surface area contributed by atoms with Gasteiger partial charge >= 0.3 is 42.9 Å². The van der Waals surface area contributed by atoms with Crippen molar-refractivity contribution >= 4 is 209 Å². The van der Waals surface area contributed by atoms with Gasteiger partial charge in [0.05, 0.1) is 128 Å².